The van der Waals surface area contributed by atoms with E-state index in [9.17, 15) is 0 Å². The number of hydrogen-bond acceptors (Lipinski definition) is 2. The van der Waals surface area contributed by atoms with Crippen LogP contribution in [0.4, 0.5) is 5.69 Å². The maximum Gasteiger partial charge on any atom is 0.142 e. The Balaban J connectivity index is 2.04. The molecule has 0 spiro atoms. The molecule has 2 aromatic rings. The summed E-state index contributed by atoms with van der Waals surface area (Å²) in [7, 11) is 0. The molecule has 0 saturated carbocycles. The molecular formula is C16H19NO. The van der Waals surface area contributed by atoms with Crippen molar-refractivity contribution in [1.82, 2.24) is 0 Å². The van der Waals surface area contributed by atoms with Crippen LogP contribution in [0.5, 0.6) is 5.75 Å². The molecule has 2 nitrogen and oxygen atoms in total. The number of para-hydroxylation sites is 1. The summed E-state index contributed by atoms with van der Waals surface area (Å²) in [5.74, 6) is 0.759. The van der Waals surface area contributed by atoms with Gasteiger partial charge < -0.3 is 10.5 Å². The van der Waals surface area contributed by atoms with Gasteiger partial charge in [0.1, 0.15) is 12.4 Å². The standard InChI is InChI=1S/C16H19NO/c1-3-13-7-9-14(10-8-13)11-18-15-6-4-5-12(2)16(15)17/h4-10H,3,11,17H2,1-2H3. The minimum absolute atomic E-state index is 0.553. The van der Waals surface area contributed by atoms with E-state index in [1.807, 2.05) is 25.1 Å². The largest absolute Gasteiger partial charge is 0.487 e. The average Bonchev–Trinajstić information content (AvgIpc) is 2.41. The Morgan fingerprint density at radius 2 is 1.67 bits per heavy atom. The second-order valence-corrected chi connectivity index (χ2v) is 4.45. The zero-order valence-corrected chi connectivity index (χ0v) is 10.9. The Morgan fingerprint density at radius 3 is 2.33 bits per heavy atom. The van der Waals surface area contributed by atoms with Crippen molar-refractivity contribution in [2.24, 2.45) is 0 Å². The van der Waals surface area contributed by atoms with E-state index in [-0.39, 0.29) is 0 Å². The second kappa shape index (κ2) is 5.58. The zero-order valence-electron chi connectivity index (χ0n) is 10.9. The van der Waals surface area contributed by atoms with Crippen molar-refractivity contribution in [1.29, 1.82) is 0 Å². The Bertz CT molecular complexity index is 517. The van der Waals surface area contributed by atoms with Crippen molar-refractivity contribution >= 4 is 5.69 Å². The molecule has 94 valence electrons. The third kappa shape index (κ3) is 2.83. The van der Waals surface area contributed by atoms with Crippen LogP contribution >= 0.6 is 0 Å². The van der Waals surface area contributed by atoms with Gasteiger partial charge in [-0.15, -0.1) is 0 Å². The molecule has 0 aliphatic rings. The molecule has 0 aliphatic heterocycles. The molecule has 0 fully saturated rings. The molecule has 0 atom stereocenters. The minimum atomic E-state index is 0.553. The third-order valence-electron chi connectivity index (χ3n) is 3.11. The van der Waals surface area contributed by atoms with E-state index in [4.69, 9.17) is 10.5 Å². The number of nitrogen functional groups attached to an aromatic ring is 1. The van der Waals surface area contributed by atoms with E-state index in [0.29, 0.717) is 6.61 Å². The van der Waals surface area contributed by atoms with Crippen molar-refractivity contribution < 1.29 is 4.74 Å². The molecule has 2 heteroatoms. The topological polar surface area (TPSA) is 35.2 Å². The Hall–Kier alpha value is -1.96. The fourth-order valence-corrected chi connectivity index (χ4v) is 1.81. The van der Waals surface area contributed by atoms with Gasteiger partial charge in [-0.3, -0.25) is 0 Å². The summed E-state index contributed by atoms with van der Waals surface area (Å²) in [5.41, 5.74) is 10.2. The van der Waals surface area contributed by atoms with Gasteiger partial charge in [0, 0.05) is 0 Å². The molecule has 18 heavy (non-hydrogen) atoms. The normalized spacial score (nSPS) is 10.3. The van der Waals surface area contributed by atoms with E-state index >= 15 is 0 Å². The van der Waals surface area contributed by atoms with Gasteiger partial charge in [-0.1, -0.05) is 43.3 Å². The summed E-state index contributed by atoms with van der Waals surface area (Å²) < 4.78 is 5.75. The molecule has 2 aromatic carbocycles. The first-order valence-corrected chi connectivity index (χ1v) is 6.26. The highest BCUT2D eigenvalue weighted by Gasteiger charge is 2.02. The molecular weight excluding hydrogens is 222 g/mol. The smallest absolute Gasteiger partial charge is 0.142 e. The maximum absolute atomic E-state index is 5.97. The van der Waals surface area contributed by atoms with Crippen LogP contribution in [0.1, 0.15) is 23.6 Å². The van der Waals surface area contributed by atoms with Crippen molar-refractivity contribution in [3.63, 3.8) is 0 Å². The fourth-order valence-electron chi connectivity index (χ4n) is 1.81. The van der Waals surface area contributed by atoms with Crippen LogP contribution in [0, 0.1) is 6.92 Å². The maximum atomic E-state index is 5.97. The number of benzene rings is 2. The highest BCUT2D eigenvalue weighted by atomic mass is 16.5. The van der Waals surface area contributed by atoms with E-state index in [2.05, 4.69) is 31.2 Å². The Labute approximate surface area is 108 Å². The monoisotopic (exact) mass is 241 g/mol. The van der Waals surface area contributed by atoms with Crippen LogP contribution in [0.15, 0.2) is 42.5 Å². The lowest BCUT2D eigenvalue weighted by Crippen LogP contribution is -2.00. The van der Waals surface area contributed by atoms with Crippen LogP contribution in [-0.2, 0) is 13.0 Å². The van der Waals surface area contributed by atoms with Crippen LogP contribution in [0.2, 0.25) is 0 Å². The molecule has 0 unspecified atom stereocenters. The Kier molecular flexibility index (Phi) is 3.88. The molecule has 0 saturated heterocycles. The highest BCUT2D eigenvalue weighted by molar-refractivity contribution is 5.57. The van der Waals surface area contributed by atoms with Gasteiger partial charge in [0.2, 0.25) is 0 Å². The summed E-state index contributed by atoms with van der Waals surface area (Å²) in [4.78, 5) is 0. The van der Waals surface area contributed by atoms with Gasteiger partial charge in [0.05, 0.1) is 5.69 Å². The Morgan fingerprint density at radius 1 is 1.00 bits per heavy atom. The van der Waals surface area contributed by atoms with Crippen LogP contribution in [0.25, 0.3) is 0 Å². The number of hydrogen-bond donors (Lipinski definition) is 1. The third-order valence-corrected chi connectivity index (χ3v) is 3.11. The summed E-state index contributed by atoms with van der Waals surface area (Å²) in [5, 5.41) is 0. The first kappa shape index (κ1) is 12.5. The van der Waals surface area contributed by atoms with Crippen LogP contribution < -0.4 is 10.5 Å². The van der Waals surface area contributed by atoms with Crippen molar-refractivity contribution in [3.05, 3.63) is 59.2 Å². The molecule has 0 radical (unpaired) electrons. The lowest BCUT2D eigenvalue weighted by Gasteiger charge is -2.10. The minimum Gasteiger partial charge on any atom is -0.487 e. The molecule has 0 bridgehead atoms. The predicted molar refractivity (Wildman–Crippen MR) is 75.7 cm³/mol. The molecule has 0 aliphatic carbocycles. The lowest BCUT2D eigenvalue weighted by molar-refractivity contribution is 0.308. The molecule has 2 rings (SSSR count). The average molecular weight is 241 g/mol. The summed E-state index contributed by atoms with van der Waals surface area (Å²) in [6, 6.07) is 14.3. The number of aryl methyl sites for hydroxylation is 2. The molecule has 0 aromatic heterocycles. The van der Waals surface area contributed by atoms with Crippen molar-refractivity contribution in [3.8, 4) is 5.75 Å². The number of rotatable bonds is 4. The van der Waals surface area contributed by atoms with Crippen molar-refractivity contribution in [2.75, 3.05) is 5.73 Å². The van der Waals surface area contributed by atoms with E-state index in [0.717, 1.165) is 29.0 Å². The van der Waals surface area contributed by atoms with Gasteiger partial charge in [0.25, 0.3) is 0 Å². The molecule has 0 heterocycles. The van der Waals surface area contributed by atoms with Gasteiger partial charge in [0.15, 0.2) is 0 Å². The van der Waals surface area contributed by atoms with Gasteiger partial charge in [-0.2, -0.15) is 0 Å². The van der Waals surface area contributed by atoms with Crippen molar-refractivity contribution in [2.45, 2.75) is 26.9 Å². The number of nitrogens with two attached hydrogens (primary N) is 1. The first-order chi connectivity index (χ1) is 8.70. The highest BCUT2D eigenvalue weighted by Crippen LogP contribution is 2.25. The number of ether oxygens (including phenoxy) is 1. The summed E-state index contributed by atoms with van der Waals surface area (Å²) in [6.07, 6.45) is 1.06. The van der Waals surface area contributed by atoms with E-state index in [1.165, 1.54) is 5.56 Å². The van der Waals surface area contributed by atoms with E-state index < -0.39 is 0 Å². The lowest BCUT2D eigenvalue weighted by atomic mass is 10.1. The summed E-state index contributed by atoms with van der Waals surface area (Å²) in [6.45, 7) is 4.69. The number of anilines is 1. The quantitative estimate of drug-likeness (QED) is 0.828. The first-order valence-electron chi connectivity index (χ1n) is 6.26. The van der Waals surface area contributed by atoms with Gasteiger partial charge in [-0.25, -0.2) is 0 Å². The SMILES string of the molecule is CCc1ccc(COc2cccc(C)c2N)cc1. The zero-order chi connectivity index (χ0) is 13.0. The molecule has 2 N–H and O–H groups in total. The molecule has 0 amide bonds. The van der Waals surface area contributed by atoms with Crippen LogP contribution in [-0.4, -0.2) is 0 Å². The second-order valence-electron chi connectivity index (χ2n) is 4.45. The fraction of sp³-hybridized carbons (Fsp3) is 0.250. The predicted octanol–water partition coefficient (Wildman–Crippen LogP) is 3.72. The van der Waals surface area contributed by atoms with E-state index in [1.54, 1.807) is 0 Å². The summed E-state index contributed by atoms with van der Waals surface area (Å²) >= 11 is 0. The van der Waals surface area contributed by atoms with Gasteiger partial charge >= 0.3 is 0 Å². The van der Waals surface area contributed by atoms with Gasteiger partial charge in [-0.05, 0) is 36.1 Å². The van der Waals surface area contributed by atoms with Crippen LogP contribution in [0.3, 0.4) is 0 Å².